The molecule has 0 saturated carbocycles. The van der Waals surface area contributed by atoms with Gasteiger partial charge in [-0.1, -0.05) is 18.9 Å². The van der Waals surface area contributed by atoms with Gasteiger partial charge in [0.15, 0.2) is 11.5 Å². The van der Waals surface area contributed by atoms with Gasteiger partial charge in [0.1, 0.15) is 6.04 Å². The first-order valence-electron chi connectivity index (χ1n) is 6.55. The second-order valence-electron chi connectivity index (χ2n) is 5.00. The molecule has 1 aromatic carbocycles. The van der Waals surface area contributed by atoms with Gasteiger partial charge in [-0.2, -0.15) is 0 Å². The number of likely N-dealkylation sites (tertiary alicyclic amines) is 1. The van der Waals surface area contributed by atoms with E-state index in [-0.39, 0.29) is 11.5 Å². The van der Waals surface area contributed by atoms with Gasteiger partial charge in [-0.05, 0) is 37.1 Å². The fourth-order valence-electron chi connectivity index (χ4n) is 2.54. The lowest BCUT2D eigenvalue weighted by Crippen LogP contribution is -2.40. The van der Waals surface area contributed by atoms with Crippen LogP contribution >= 0.6 is 0 Å². The van der Waals surface area contributed by atoms with Crippen LogP contribution < -0.4 is 0 Å². The van der Waals surface area contributed by atoms with Crippen LogP contribution in [0, 0.1) is 0 Å². The Hall–Kier alpha value is -1.75. The van der Waals surface area contributed by atoms with Crippen molar-refractivity contribution in [2.24, 2.45) is 0 Å². The third-order valence-electron chi connectivity index (χ3n) is 3.57. The predicted octanol–water partition coefficient (Wildman–Crippen LogP) is 1.93. The number of benzene rings is 1. The Morgan fingerprint density at radius 1 is 1.21 bits per heavy atom. The van der Waals surface area contributed by atoms with Crippen molar-refractivity contribution in [3.8, 4) is 11.5 Å². The van der Waals surface area contributed by atoms with E-state index in [0.29, 0.717) is 13.0 Å². The number of hydrogen-bond acceptors (Lipinski definition) is 4. The van der Waals surface area contributed by atoms with Gasteiger partial charge in [-0.25, -0.2) is 0 Å². The molecule has 0 radical (unpaired) electrons. The lowest BCUT2D eigenvalue weighted by atomic mass is 10.1. The number of carboxylic acid groups (broad SMARTS) is 1. The molecule has 19 heavy (non-hydrogen) atoms. The van der Waals surface area contributed by atoms with E-state index in [1.165, 1.54) is 12.1 Å². The Bertz CT molecular complexity index is 461. The number of carboxylic acids is 1. The molecule has 1 aliphatic heterocycles. The van der Waals surface area contributed by atoms with Crippen molar-refractivity contribution in [1.82, 2.24) is 4.90 Å². The highest BCUT2D eigenvalue weighted by Gasteiger charge is 2.27. The highest BCUT2D eigenvalue weighted by atomic mass is 16.4. The summed E-state index contributed by atoms with van der Waals surface area (Å²) >= 11 is 0. The Morgan fingerprint density at radius 2 is 2.00 bits per heavy atom. The average Bonchev–Trinajstić information content (AvgIpc) is 2.59. The van der Waals surface area contributed by atoms with Crippen LogP contribution in [0.1, 0.15) is 31.2 Å². The van der Waals surface area contributed by atoms with E-state index in [0.717, 1.165) is 31.4 Å². The van der Waals surface area contributed by atoms with Crippen LogP contribution in [0.2, 0.25) is 0 Å². The molecule has 1 aromatic rings. The van der Waals surface area contributed by atoms with E-state index < -0.39 is 12.0 Å². The predicted molar refractivity (Wildman–Crippen MR) is 70.1 cm³/mol. The van der Waals surface area contributed by atoms with Crippen molar-refractivity contribution in [3.63, 3.8) is 0 Å². The summed E-state index contributed by atoms with van der Waals surface area (Å²) in [4.78, 5) is 13.2. The van der Waals surface area contributed by atoms with Crippen molar-refractivity contribution in [2.75, 3.05) is 6.54 Å². The smallest absolute Gasteiger partial charge is 0.320 e. The van der Waals surface area contributed by atoms with Gasteiger partial charge in [0, 0.05) is 6.54 Å². The number of aromatic hydroxyl groups is 2. The fourth-order valence-corrected chi connectivity index (χ4v) is 2.54. The molecule has 1 atom stereocenters. The highest BCUT2D eigenvalue weighted by molar-refractivity contribution is 5.73. The zero-order valence-electron chi connectivity index (χ0n) is 10.7. The number of nitrogens with zero attached hydrogens (tertiary/aromatic N) is 1. The summed E-state index contributed by atoms with van der Waals surface area (Å²) in [5.41, 5.74) is 0.809. The van der Waals surface area contributed by atoms with Gasteiger partial charge < -0.3 is 15.3 Å². The summed E-state index contributed by atoms with van der Waals surface area (Å²) in [6, 6.07) is 4.16. The first-order valence-corrected chi connectivity index (χ1v) is 6.55. The van der Waals surface area contributed by atoms with E-state index in [2.05, 4.69) is 0 Å². The lowest BCUT2D eigenvalue weighted by Gasteiger charge is -2.26. The molecule has 3 N–H and O–H groups in total. The lowest BCUT2D eigenvalue weighted by molar-refractivity contribution is -0.143. The van der Waals surface area contributed by atoms with Gasteiger partial charge in [0.2, 0.25) is 0 Å². The summed E-state index contributed by atoms with van der Waals surface area (Å²) < 4.78 is 0. The van der Waals surface area contributed by atoms with Crippen LogP contribution in [-0.2, 0) is 11.3 Å². The van der Waals surface area contributed by atoms with Crippen molar-refractivity contribution in [2.45, 2.75) is 38.3 Å². The molecule has 1 aliphatic rings. The minimum atomic E-state index is -0.787. The Kier molecular flexibility index (Phi) is 4.27. The molecule has 1 unspecified atom stereocenters. The van der Waals surface area contributed by atoms with Crippen LogP contribution in [0.3, 0.4) is 0 Å². The summed E-state index contributed by atoms with van der Waals surface area (Å²) in [7, 11) is 0. The Morgan fingerprint density at radius 3 is 2.68 bits per heavy atom. The van der Waals surface area contributed by atoms with E-state index >= 15 is 0 Å². The maximum atomic E-state index is 11.3. The van der Waals surface area contributed by atoms with Crippen molar-refractivity contribution >= 4 is 5.97 Å². The summed E-state index contributed by atoms with van der Waals surface area (Å²) in [6.07, 6.45) is 3.66. The van der Waals surface area contributed by atoms with Gasteiger partial charge >= 0.3 is 5.97 Å². The minimum Gasteiger partial charge on any atom is -0.504 e. The summed E-state index contributed by atoms with van der Waals surface area (Å²) in [5, 5.41) is 28.0. The van der Waals surface area contributed by atoms with Crippen molar-refractivity contribution in [3.05, 3.63) is 23.8 Å². The van der Waals surface area contributed by atoms with Gasteiger partial charge in [0.05, 0.1) is 0 Å². The van der Waals surface area contributed by atoms with E-state index in [4.69, 9.17) is 0 Å². The second kappa shape index (κ2) is 5.93. The summed E-state index contributed by atoms with van der Waals surface area (Å²) in [6.45, 7) is 1.23. The first kappa shape index (κ1) is 13.7. The molecular formula is C14H19NO4. The number of phenolic OH excluding ortho intramolecular Hbond substituents is 2. The molecule has 5 nitrogen and oxygen atoms in total. The highest BCUT2D eigenvalue weighted by Crippen LogP contribution is 2.27. The normalized spacial score (nSPS) is 20.9. The topological polar surface area (TPSA) is 81.0 Å². The van der Waals surface area contributed by atoms with E-state index in [1.807, 2.05) is 4.90 Å². The molecule has 2 rings (SSSR count). The molecule has 1 saturated heterocycles. The summed E-state index contributed by atoms with van der Waals surface area (Å²) in [5.74, 6) is -1.11. The molecule has 0 bridgehead atoms. The molecule has 5 heteroatoms. The molecule has 1 heterocycles. The SMILES string of the molecule is O=C(O)C1CCCCCN1Cc1ccc(O)c(O)c1. The van der Waals surface area contributed by atoms with E-state index in [1.54, 1.807) is 6.07 Å². The number of carbonyl (C=O) groups is 1. The van der Waals surface area contributed by atoms with Crippen LogP contribution in [0.25, 0.3) is 0 Å². The van der Waals surface area contributed by atoms with Crippen LogP contribution in [-0.4, -0.2) is 38.8 Å². The van der Waals surface area contributed by atoms with Crippen LogP contribution in [0.4, 0.5) is 0 Å². The van der Waals surface area contributed by atoms with Gasteiger partial charge in [-0.15, -0.1) is 0 Å². The maximum absolute atomic E-state index is 11.3. The molecule has 104 valence electrons. The van der Waals surface area contributed by atoms with Crippen molar-refractivity contribution < 1.29 is 20.1 Å². The van der Waals surface area contributed by atoms with Crippen molar-refractivity contribution in [1.29, 1.82) is 0 Å². The monoisotopic (exact) mass is 265 g/mol. The zero-order chi connectivity index (χ0) is 13.8. The minimum absolute atomic E-state index is 0.158. The molecule has 0 spiro atoms. The number of phenols is 2. The molecule has 0 aliphatic carbocycles. The van der Waals surface area contributed by atoms with Crippen LogP contribution in [0.15, 0.2) is 18.2 Å². The average molecular weight is 265 g/mol. The quantitative estimate of drug-likeness (QED) is 0.727. The third kappa shape index (κ3) is 3.38. The zero-order valence-corrected chi connectivity index (χ0v) is 10.7. The van der Waals surface area contributed by atoms with E-state index in [9.17, 15) is 20.1 Å². The second-order valence-corrected chi connectivity index (χ2v) is 5.00. The van der Waals surface area contributed by atoms with Gasteiger partial charge in [-0.3, -0.25) is 9.69 Å². The molecule has 0 aromatic heterocycles. The molecular weight excluding hydrogens is 246 g/mol. The molecule has 1 fully saturated rings. The largest absolute Gasteiger partial charge is 0.504 e. The third-order valence-corrected chi connectivity index (χ3v) is 3.57. The number of rotatable bonds is 3. The number of hydrogen-bond donors (Lipinski definition) is 3. The Labute approximate surface area is 112 Å². The molecule has 0 amide bonds. The van der Waals surface area contributed by atoms with Gasteiger partial charge in [0.25, 0.3) is 0 Å². The van der Waals surface area contributed by atoms with Crippen LogP contribution in [0.5, 0.6) is 11.5 Å². The number of aliphatic carboxylic acids is 1. The Balaban J connectivity index is 2.13. The first-order chi connectivity index (χ1) is 9.08. The fraction of sp³-hybridized carbons (Fsp3) is 0.500. The maximum Gasteiger partial charge on any atom is 0.320 e. The standard InChI is InChI=1S/C14H19NO4/c16-12-6-5-10(8-13(12)17)9-15-7-3-1-2-4-11(15)14(18)19/h5-6,8,11,16-17H,1-4,7,9H2,(H,18,19).